The van der Waals surface area contributed by atoms with E-state index in [1.54, 1.807) is 19.1 Å². The normalized spacial score (nSPS) is 12.5. The Labute approximate surface area is 112 Å². The van der Waals surface area contributed by atoms with Crippen molar-refractivity contribution < 1.29 is 8.78 Å². The topological polar surface area (TPSA) is 26.0 Å². The minimum Gasteiger partial charge on any atom is -0.320 e. The van der Waals surface area contributed by atoms with E-state index in [4.69, 9.17) is 5.73 Å². The summed E-state index contributed by atoms with van der Waals surface area (Å²) in [5.41, 5.74) is 9.49. The molecule has 100 valence electrons. The Morgan fingerprint density at radius 2 is 1.58 bits per heavy atom. The molecule has 1 unspecified atom stereocenters. The van der Waals surface area contributed by atoms with Crippen molar-refractivity contribution in [1.29, 1.82) is 0 Å². The smallest absolute Gasteiger partial charge is 0.128 e. The van der Waals surface area contributed by atoms with Gasteiger partial charge in [0.25, 0.3) is 0 Å². The van der Waals surface area contributed by atoms with Crippen LogP contribution in [0.15, 0.2) is 30.3 Å². The number of hydrogen-bond acceptors (Lipinski definition) is 1. The first-order chi connectivity index (χ1) is 8.90. The molecule has 0 saturated carbocycles. The second-order valence-electron chi connectivity index (χ2n) is 4.96. The Kier molecular flexibility index (Phi) is 3.67. The number of rotatable bonds is 2. The highest BCUT2D eigenvalue weighted by Crippen LogP contribution is 2.27. The molecule has 1 atom stereocenters. The third-order valence-corrected chi connectivity index (χ3v) is 3.33. The van der Waals surface area contributed by atoms with Gasteiger partial charge in [-0.25, -0.2) is 8.78 Å². The SMILES string of the molecule is Cc1cc(C)c(C(N)c2ccc(F)c(C)c2)c(F)c1. The molecule has 0 aromatic heterocycles. The zero-order chi connectivity index (χ0) is 14.2. The van der Waals surface area contributed by atoms with Gasteiger partial charge in [-0.2, -0.15) is 0 Å². The summed E-state index contributed by atoms with van der Waals surface area (Å²) in [5.74, 6) is -0.593. The van der Waals surface area contributed by atoms with Gasteiger partial charge in [0.2, 0.25) is 0 Å². The third kappa shape index (κ3) is 2.66. The van der Waals surface area contributed by atoms with Crippen LogP contribution in [0.4, 0.5) is 8.78 Å². The Hall–Kier alpha value is -1.74. The van der Waals surface area contributed by atoms with Crippen LogP contribution in [0, 0.1) is 32.4 Å². The highest BCUT2D eigenvalue weighted by molar-refractivity contribution is 5.40. The fourth-order valence-corrected chi connectivity index (χ4v) is 2.35. The van der Waals surface area contributed by atoms with Gasteiger partial charge in [-0.15, -0.1) is 0 Å². The minimum atomic E-state index is -0.583. The molecule has 0 saturated heterocycles. The lowest BCUT2D eigenvalue weighted by Crippen LogP contribution is -2.15. The molecule has 1 nitrogen and oxygen atoms in total. The summed E-state index contributed by atoms with van der Waals surface area (Å²) in [6.07, 6.45) is 0. The van der Waals surface area contributed by atoms with Gasteiger partial charge in [0.1, 0.15) is 11.6 Å². The minimum absolute atomic E-state index is 0.281. The number of benzene rings is 2. The van der Waals surface area contributed by atoms with E-state index < -0.39 is 6.04 Å². The van der Waals surface area contributed by atoms with Gasteiger partial charge in [-0.3, -0.25) is 0 Å². The van der Waals surface area contributed by atoms with Gasteiger partial charge in [0, 0.05) is 5.56 Å². The second-order valence-corrected chi connectivity index (χ2v) is 4.96. The number of nitrogens with two attached hydrogens (primary N) is 1. The number of aryl methyl sites for hydroxylation is 3. The molecule has 0 bridgehead atoms. The van der Waals surface area contributed by atoms with Crippen molar-refractivity contribution in [1.82, 2.24) is 0 Å². The first-order valence-electron chi connectivity index (χ1n) is 6.18. The summed E-state index contributed by atoms with van der Waals surface area (Å²) < 4.78 is 27.3. The van der Waals surface area contributed by atoms with Crippen molar-refractivity contribution in [2.45, 2.75) is 26.8 Å². The standard InChI is InChI=1S/C16H17F2N/c1-9-6-11(3)15(14(18)7-9)16(19)12-4-5-13(17)10(2)8-12/h4-8,16H,19H2,1-3H3. The Bertz CT molecular complexity index is 597. The van der Waals surface area contributed by atoms with Crippen LogP contribution in [0.25, 0.3) is 0 Å². The van der Waals surface area contributed by atoms with Crippen molar-refractivity contribution >= 4 is 0 Å². The van der Waals surface area contributed by atoms with E-state index in [-0.39, 0.29) is 11.6 Å². The van der Waals surface area contributed by atoms with E-state index >= 15 is 0 Å². The van der Waals surface area contributed by atoms with Crippen LogP contribution in [-0.4, -0.2) is 0 Å². The molecular formula is C16H17F2N. The molecule has 0 amide bonds. The largest absolute Gasteiger partial charge is 0.320 e. The van der Waals surface area contributed by atoms with E-state index in [1.807, 2.05) is 19.9 Å². The molecule has 0 aliphatic carbocycles. The first kappa shape index (κ1) is 13.7. The zero-order valence-electron chi connectivity index (χ0n) is 11.3. The molecule has 0 radical (unpaired) electrons. The molecule has 19 heavy (non-hydrogen) atoms. The lowest BCUT2D eigenvalue weighted by molar-refractivity contribution is 0.594. The molecule has 2 aromatic rings. The van der Waals surface area contributed by atoms with E-state index in [9.17, 15) is 8.78 Å². The summed E-state index contributed by atoms with van der Waals surface area (Å²) >= 11 is 0. The summed E-state index contributed by atoms with van der Waals surface area (Å²) in [7, 11) is 0. The fourth-order valence-electron chi connectivity index (χ4n) is 2.35. The van der Waals surface area contributed by atoms with Gasteiger partial charge in [0.05, 0.1) is 6.04 Å². The Morgan fingerprint density at radius 3 is 2.16 bits per heavy atom. The van der Waals surface area contributed by atoms with Crippen molar-refractivity contribution in [3.63, 3.8) is 0 Å². The zero-order valence-corrected chi connectivity index (χ0v) is 11.3. The summed E-state index contributed by atoms with van der Waals surface area (Å²) in [5, 5.41) is 0. The van der Waals surface area contributed by atoms with Crippen LogP contribution in [-0.2, 0) is 0 Å². The molecule has 0 fully saturated rings. The van der Waals surface area contributed by atoms with Crippen molar-refractivity contribution in [2.24, 2.45) is 5.73 Å². The van der Waals surface area contributed by atoms with Crippen LogP contribution in [0.1, 0.15) is 33.9 Å². The van der Waals surface area contributed by atoms with Gasteiger partial charge in [-0.1, -0.05) is 18.2 Å². The van der Waals surface area contributed by atoms with Gasteiger partial charge >= 0.3 is 0 Å². The first-order valence-corrected chi connectivity index (χ1v) is 6.18. The van der Waals surface area contributed by atoms with Crippen LogP contribution >= 0.6 is 0 Å². The molecule has 0 aliphatic heterocycles. The predicted octanol–water partition coefficient (Wildman–Crippen LogP) is 3.94. The third-order valence-electron chi connectivity index (χ3n) is 3.33. The summed E-state index contributed by atoms with van der Waals surface area (Å²) in [6.45, 7) is 5.35. The summed E-state index contributed by atoms with van der Waals surface area (Å²) in [6, 6.07) is 7.42. The van der Waals surface area contributed by atoms with Crippen LogP contribution in [0.3, 0.4) is 0 Å². The highest BCUT2D eigenvalue weighted by Gasteiger charge is 2.17. The van der Waals surface area contributed by atoms with Crippen molar-refractivity contribution in [3.05, 3.63) is 69.8 Å². The monoisotopic (exact) mass is 261 g/mol. The molecule has 3 heteroatoms. The van der Waals surface area contributed by atoms with E-state index in [2.05, 4.69) is 0 Å². The van der Waals surface area contributed by atoms with Gasteiger partial charge < -0.3 is 5.73 Å². The lowest BCUT2D eigenvalue weighted by atomic mass is 9.93. The van der Waals surface area contributed by atoms with Gasteiger partial charge in [-0.05, 0) is 55.2 Å². The number of halogens is 2. The van der Waals surface area contributed by atoms with Crippen molar-refractivity contribution in [3.8, 4) is 0 Å². The molecule has 2 N–H and O–H groups in total. The maximum absolute atomic E-state index is 14.1. The maximum atomic E-state index is 14.1. The van der Waals surface area contributed by atoms with Crippen molar-refractivity contribution in [2.75, 3.05) is 0 Å². The maximum Gasteiger partial charge on any atom is 0.128 e. The molecule has 2 rings (SSSR count). The molecule has 2 aromatic carbocycles. The van der Waals surface area contributed by atoms with Crippen LogP contribution in [0.5, 0.6) is 0 Å². The number of hydrogen-bond donors (Lipinski definition) is 1. The highest BCUT2D eigenvalue weighted by atomic mass is 19.1. The Morgan fingerprint density at radius 1 is 0.895 bits per heavy atom. The second kappa shape index (κ2) is 5.10. The predicted molar refractivity (Wildman–Crippen MR) is 73.0 cm³/mol. The molecule has 0 spiro atoms. The molecule has 0 heterocycles. The summed E-state index contributed by atoms with van der Waals surface area (Å²) in [4.78, 5) is 0. The Balaban J connectivity index is 2.49. The van der Waals surface area contributed by atoms with E-state index in [0.717, 1.165) is 11.1 Å². The average Bonchev–Trinajstić information content (AvgIpc) is 2.31. The van der Waals surface area contributed by atoms with Crippen LogP contribution in [0.2, 0.25) is 0 Å². The quantitative estimate of drug-likeness (QED) is 0.870. The molecule has 0 aliphatic rings. The fraction of sp³-hybridized carbons (Fsp3) is 0.250. The average molecular weight is 261 g/mol. The van der Waals surface area contributed by atoms with Crippen LogP contribution < -0.4 is 5.73 Å². The van der Waals surface area contributed by atoms with Gasteiger partial charge in [0.15, 0.2) is 0 Å². The van der Waals surface area contributed by atoms with E-state index in [0.29, 0.717) is 16.7 Å². The molecular weight excluding hydrogens is 244 g/mol. The lowest BCUT2D eigenvalue weighted by Gasteiger charge is -2.17. The van der Waals surface area contributed by atoms with E-state index in [1.165, 1.54) is 12.1 Å².